The van der Waals surface area contributed by atoms with E-state index in [0.717, 1.165) is 16.1 Å². The Bertz CT molecular complexity index is 1230. The van der Waals surface area contributed by atoms with Gasteiger partial charge in [0.25, 0.3) is 5.91 Å². The number of benzene rings is 3. The summed E-state index contributed by atoms with van der Waals surface area (Å²) in [6, 6.07) is 18.1. The highest BCUT2D eigenvalue weighted by Gasteiger charge is 2.44. The number of aliphatic hydroxyl groups excluding tert-OH is 1. The molecule has 6 nitrogen and oxygen atoms in total. The predicted octanol–water partition coefficient (Wildman–Crippen LogP) is 4.61. The minimum atomic E-state index is -1.20. The molecule has 0 aromatic heterocycles. The molecule has 0 unspecified atom stereocenters. The van der Waals surface area contributed by atoms with E-state index in [-0.39, 0.29) is 32.1 Å². The highest BCUT2D eigenvalue weighted by atomic mass is 79.9. The monoisotopic (exact) mass is 572 g/mol. The quantitative estimate of drug-likeness (QED) is 0.329. The summed E-state index contributed by atoms with van der Waals surface area (Å²) in [6.45, 7) is 0.707. The van der Waals surface area contributed by atoms with Crippen molar-refractivity contribution < 1.29 is 28.2 Å². The number of nitrogens with one attached hydrogen (secondary N) is 1. The summed E-state index contributed by atoms with van der Waals surface area (Å²) in [5, 5.41) is 11.8. The summed E-state index contributed by atoms with van der Waals surface area (Å²) >= 11 is 3.43. The van der Waals surface area contributed by atoms with Crippen molar-refractivity contribution in [3.63, 3.8) is 0 Å². The molecular formula is C28H27BrF2N2O4. The first-order chi connectivity index (χ1) is 17.9. The number of ether oxygens (including phenoxy) is 2. The van der Waals surface area contributed by atoms with Gasteiger partial charge in [-0.05, 0) is 66.1 Å². The van der Waals surface area contributed by atoms with E-state index < -0.39 is 17.2 Å². The number of aliphatic hydroxyl groups is 1. The van der Waals surface area contributed by atoms with Gasteiger partial charge in [-0.1, -0.05) is 28.1 Å². The van der Waals surface area contributed by atoms with Crippen molar-refractivity contribution in [2.45, 2.75) is 24.8 Å². The number of rotatable bonds is 11. The van der Waals surface area contributed by atoms with Crippen LogP contribution in [0.2, 0.25) is 0 Å². The van der Waals surface area contributed by atoms with Gasteiger partial charge in [-0.25, -0.2) is 13.8 Å². The normalized spacial score (nSPS) is 16.7. The SMILES string of the molecule is O=C(NCCc1cc(F)cc(F)c1)[C@@]1(Cc2ccc(Br)cc2)COC(c2ccc(OCCCO)cc2)=N1. The fourth-order valence-corrected chi connectivity index (χ4v) is 4.27. The van der Waals surface area contributed by atoms with Crippen LogP contribution in [0, 0.1) is 11.6 Å². The summed E-state index contributed by atoms with van der Waals surface area (Å²) in [7, 11) is 0. The lowest BCUT2D eigenvalue weighted by atomic mass is 9.91. The highest BCUT2D eigenvalue weighted by molar-refractivity contribution is 9.10. The fraction of sp³-hybridized carbons (Fsp3) is 0.286. The Morgan fingerprint density at radius 2 is 1.76 bits per heavy atom. The molecule has 37 heavy (non-hydrogen) atoms. The molecule has 0 bridgehead atoms. The molecule has 9 heteroatoms. The number of carbonyl (C=O) groups is 1. The Hall–Kier alpha value is -3.30. The predicted molar refractivity (Wildman–Crippen MR) is 140 cm³/mol. The fourth-order valence-electron chi connectivity index (χ4n) is 4.01. The summed E-state index contributed by atoms with van der Waals surface area (Å²) in [5.41, 5.74) is 0.863. The first-order valence-corrected chi connectivity index (χ1v) is 12.7. The largest absolute Gasteiger partial charge is 0.494 e. The zero-order chi connectivity index (χ0) is 26.3. The summed E-state index contributed by atoms with van der Waals surface area (Å²) in [5.74, 6) is -0.636. The molecule has 1 atom stereocenters. The number of halogens is 3. The summed E-state index contributed by atoms with van der Waals surface area (Å²) < 4.78 is 39.4. The van der Waals surface area contributed by atoms with E-state index in [1.54, 1.807) is 24.3 Å². The second-order valence-electron chi connectivity index (χ2n) is 8.77. The van der Waals surface area contributed by atoms with Crippen molar-refractivity contribution in [3.05, 3.63) is 99.5 Å². The maximum Gasteiger partial charge on any atom is 0.251 e. The van der Waals surface area contributed by atoms with Crippen LogP contribution in [0.3, 0.4) is 0 Å². The molecule has 4 rings (SSSR count). The van der Waals surface area contributed by atoms with Gasteiger partial charge in [-0.3, -0.25) is 4.79 Å². The van der Waals surface area contributed by atoms with Gasteiger partial charge in [-0.15, -0.1) is 0 Å². The van der Waals surface area contributed by atoms with Crippen LogP contribution < -0.4 is 10.1 Å². The third-order valence-electron chi connectivity index (χ3n) is 5.89. The molecule has 0 radical (unpaired) electrons. The van der Waals surface area contributed by atoms with E-state index in [0.29, 0.717) is 42.2 Å². The van der Waals surface area contributed by atoms with Crippen molar-refractivity contribution in [1.82, 2.24) is 5.32 Å². The molecule has 194 valence electrons. The molecule has 1 amide bonds. The number of hydrogen-bond acceptors (Lipinski definition) is 5. The minimum absolute atomic E-state index is 0.0492. The average molecular weight is 573 g/mol. The molecule has 1 heterocycles. The van der Waals surface area contributed by atoms with E-state index in [1.165, 1.54) is 12.1 Å². The smallest absolute Gasteiger partial charge is 0.251 e. The van der Waals surface area contributed by atoms with E-state index >= 15 is 0 Å². The molecule has 2 N–H and O–H groups in total. The van der Waals surface area contributed by atoms with Crippen LogP contribution in [0.25, 0.3) is 0 Å². The molecule has 0 fully saturated rings. The van der Waals surface area contributed by atoms with E-state index in [1.807, 2.05) is 24.3 Å². The number of aliphatic imine (C=N–C) groups is 1. The number of nitrogens with zero attached hydrogens (tertiary/aromatic N) is 1. The van der Waals surface area contributed by atoms with Gasteiger partial charge in [0.1, 0.15) is 24.0 Å². The van der Waals surface area contributed by atoms with Gasteiger partial charge in [0.2, 0.25) is 5.90 Å². The van der Waals surface area contributed by atoms with Gasteiger partial charge < -0.3 is 19.9 Å². The molecule has 0 aliphatic carbocycles. The van der Waals surface area contributed by atoms with Crippen molar-refractivity contribution in [3.8, 4) is 5.75 Å². The lowest BCUT2D eigenvalue weighted by molar-refractivity contribution is -0.126. The van der Waals surface area contributed by atoms with Crippen molar-refractivity contribution in [2.75, 3.05) is 26.4 Å². The van der Waals surface area contributed by atoms with Crippen LogP contribution in [-0.2, 0) is 22.4 Å². The Kier molecular flexibility index (Phi) is 8.89. The maximum absolute atomic E-state index is 13.5. The third-order valence-corrected chi connectivity index (χ3v) is 6.42. The van der Waals surface area contributed by atoms with Crippen LogP contribution >= 0.6 is 15.9 Å². The Morgan fingerprint density at radius 1 is 1.05 bits per heavy atom. The second kappa shape index (κ2) is 12.3. The lowest BCUT2D eigenvalue weighted by Gasteiger charge is -2.23. The van der Waals surface area contributed by atoms with Crippen LogP contribution in [0.5, 0.6) is 5.75 Å². The Balaban J connectivity index is 1.51. The Morgan fingerprint density at radius 3 is 2.43 bits per heavy atom. The van der Waals surface area contributed by atoms with Crippen molar-refractivity contribution in [1.29, 1.82) is 0 Å². The van der Waals surface area contributed by atoms with Crippen LogP contribution in [0.15, 0.2) is 76.2 Å². The van der Waals surface area contributed by atoms with Gasteiger partial charge in [-0.2, -0.15) is 0 Å². The van der Waals surface area contributed by atoms with Gasteiger partial charge in [0, 0.05) is 42.1 Å². The molecule has 0 saturated heterocycles. The number of amides is 1. The zero-order valence-corrected chi connectivity index (χ0v) is 21.6. The lowest BCUT2D eigenvalue weighted by Crippen LogP contribution is -2.49. The topological polar surface area (TPSA) is 80.2 Å². The summed E-state index contributed by atoms with van der Waals surface area (Å²) in [6.07, 6.45) is 1.12. The second-order valence-corrected chi connectivity index (χ2v) is 9.69. The van der Waals surface area contributed by atoms with E-state index in [9.17, 15) is 13.6 Å². The first-order valence-electron chi connectivity index (χ1n) is 11.9. The molecular weight excluding hydrogens is 546 g/mol. The average Bonchev–Trinajstić information content (AvgIpc) is 3.31. The number of hydrogen-bond donors (Lipinski definition) is 2. The van der Waals surface area contributed by atoms with Crippen LogP contribution in [0.1, 0.15) is 23.1 Å². The van der Waals surface area contributed by atoms with Crippen molar-refractivity contribution in [2.24, 2.45) is 4.99 Å². The molecule has 3 aromatic rings. The zero-order valence-electron chi connectivity index (χ0n) is 20.1. The van der Waals surface area contributed by atoms with Gasteiger partial charge >= 0.3 is 0 Å². The molecule has 1 aliphatic heterocycles. The van der Waals surface area contributed by atoms with E-state index in [4.69, 9.17) is 19.6 Å². The third kappa shape index (κ3) is 7.14. The van der Waals surface area contributed by atoms with Crippen LogP contribution in [-0.4, -0.2) is 48.8 Å². The summed E-state index contributed by atoms with van der Waals surface area (Å²) in [4.78, 5) is 18.2. The van der Waals surface area contributed by atoms with Crippen LogP contribution in [0.4, 0.5) is 8.78 Å². The van der Waals surface area contributed by atoms with Gasteiger partial charge in [0.05, 0.1) is 6.61 Å². The first kappa shape index (κ1) is 26.8. The standard InChI is InChI=1S/C28H27BrF2N2O4/c29-22-6-2-19(3-7-22)17-28(27(35)32-11-10-20-14-23(30)16-24(31)15-20)18-37-26(33-28)21-4-8-25(9-5-21)36-13-1-12-34/h2-9,14-16,34H,1,10-13,17-18H2,(H,32,35)/t28-/m1/s1. The molecule has 1 aliphatic rings. The maximum atomic E-state index is 13.5. The molecule has 0 spiro atoms. The van der Waals surface area contributed by atoms with Gasteiger partial charge in [0.15, 0.2) is 5.54 Å². The highest BCUT2D eigenvalue weighted by Crippen LogP contribution is 2.28. The Labute approximate surface area is 222 Å². The van der Waals surface area contributed by atoms with E-state index in [2.05, 4.69) is 21.2 Å². The molecule has 0 saturated carbocycles. The van der Waals surface area contributed by atoms with Crippen molar-refractivity contribution >= 4 is 27.7 Å². The minimum Gasteiger partial charge on any atom is -0.494 e. The number of carbonyl (C=O) groups excluding carboxylic acids is 1. The molecule has 3 aromatic carbocycles.